The quantitative estimate of drug-likeness (QED) is 0.573. The summed E-state index contributed by atoms with van der Waals surface area (Å²) in [6.45, 7) is 1.92. The van der Waals surface area contributed by atoms with E-state index in [0.717, 1.165) is 16.3 Å². The highest BCUT2D eigenvalue weighted by atomic mass is 16.3. The van der Waals surface area contributed by atoms with E-state index in [1.54, 1.807) is 18.2 Å². The maximum Gasteiger partial charge on any atom is 0.271 e. The van der Waals surface area contributed by atoms with E-state index < -0.39 is 0 Å². The van der Waals surface area contributed by atoms with E-state index in [-0.39, 0.29) is 11.7 Å². The average Bonchev–Trinajstić information content (AvgIpc) is 2.57. The van der Waals surface area contributed by atoms with Gasteiger partial charge in [-0.05, 0) is 30.5 Å². The van der Waals surface area contributed by atoms with Crippen molar-refractivity contribution in [2.24, 2.45) is 5.10 Å². The third kappa shape index (κ3) is 3.21. The van der Waals surface area contributed by atoms with Crippen molar-refractivity contribution in [1.29, 1.82) is 0 Å². The predicted molar refractivity (Wildman–Crippen MR) is 91.9 cm³/mol. The van der Waals surface area contributed by atoms with Gasteiger partial charge >= 0.3 is 0 Å². The lowest BCUT2D eigenvalue weighted by Crippen LogP contribution is -2.17. The maximum atomic E-state index is 12.0. The molecule has 2 N–H and O–H groups in total. The lowest BCUT2D eigenvalue weighted by molar-refractivity contribution is 0.0955. The highest BCUT2D eigenvalue weighted by molar-refractivity contribution is 5.98. The van der Waals surface area contributed by atoms with Crippen molar-refractivity contribution in [2.45, 2.75) is 6.92 Å². The number of aryl methyl sites for hydroxylation is 1. The zero-order valence-corrected chi connectivity index (χ0v) is 12.7. The fourth-order valence-corrected chi connectivity index (χ4v) is 2.39. The van der Waals surface area contributed by atoms with Gasteiger partial charge < -0.3 is 5.11 Å². The maximum absolute atomic E-state index is 12.0. The molecule has 0 atom stereocenters. The Morgan fingerprint density at radius 3 is 2.74 bits per heavy atom. The monoisotopic (exact) mass is 304 g/mol. The molecule has 0 spiro atoms. The molecule has 114 valence electrons. The summed E-state index contributed by atoms with van der Waals surface area (Å²) in [5.41, 5.74) is 4.57. The van der Waals surface area contributed by atoms with Crippen molar-refractivity contribution in [3.63, 3.8) is 0 Å². The second-order valence-electron chi connectivity index (χ2n) is 5.29. The van der Waals surface area contributed by atoms with Crippen molar-refractivity contribution in [2.75, 3.05) is 0 Å². The topological polar surface area (TPSA) is 61.7 Å². The Bertz CT molecular complexity index is 901. The number of phenolic OH excluding ortho intramolecular Hbond substituents is 1. The van der Waals surface area contributed by atoms with Crippen LogP contribution >= 0.6 is 0 Å². The van der Waals surface area contributed by atoms with Crippen LogP contribution < -0.4 is 5.43 Å². The largest absolute Gasteiger partial charge is 0.507 e. The molecule has 0 radical (unpaired) electrons. The van der Waals surface area contributed by atoms with Gasteiger partial charge in [-0.25, -0.2) is 5.43 Å². The van der Waals surface area contributed by atoms with Gasteiger partial charge in [-0.3, -0.25) is 4.79 Å². The number of hydrogen-bond acceptors (Lipinski definition) is 3. The molecule has 23 heavy (non-hydrogen) atoms. The van der Waals surface area contributed by atoms with Gasteiger partial charge in [0, 0.05) is 16.5 Å². The molecule has 0 heterocycles. The Kier molecular flexibility index (Phi) is 4.06. The first-order valence-corrected chi connectivity index (χ1v) is 7.26. The second-order valence-corrected chi connectivity index (χ2v) is 5.29. The van der Waals surface area contributed by atoms with Crippen molar-refractivity contribution in [1.82, 2.24) is 5.43 Å². The summed E-state index contributed by atoms with van der Waals surface area (Å²) in [6.07, 6.45) is 1.44. The molecule has 0 fully saturated rings. The SMILES string of the molecule is Cc1cccc(C(=O)N/N=C\c2ccc3ccccc3c2O)c1. The van der Waals surface area contributed by atoms with E-state index in [0.29, 0.717) is 11.1 Å². The fourth-order valence-electron chi connectivity index (χ4n) is 2.39. The summed E-state index contributed by atoms with van der Waals surface area (Å²) in [7, 11) is 0. The summed E-state index contributed by atoms with van der Waals surface area (Å²) in [5.74, 6) is -0.137. The van der Waals surface area contributed by atoms with Crippen molar-refractivity contribution < 1.29 is 9.90 Å². The number of nitrogens with zero attached hydrogens (tertiary/aromatic N) is 1. The number of fused-ring (bicyclic) bond motifs is 1. The lowest BCUT2D eigenvalue weighted by Gasteiger charge is -2.04. The molecule has 0 aliphatic carbocycles. The number of carbonyl (C=O) groups is 1. The van der Waals surface area contributed by atoms with E-state index in [4.69, 9.17) is 0 Å². The summed E-state index contributed by atoms with van der Waals surface area (Å²) >= 11 is 0. The van der Waals surface area contributed by atoms with Crippen molar-refractivity contribution in [3.05, 3.63) is 77.4 Å². The van der Waals surface area contributed by atoms with E-state index >= 15 is 0 Å². The summed E-state index contributed by atoms with van der Waals surface area (Å²) < 4.78 is 0. The Hall–Kier alpha value is -3.14. The fraction of sp³-hybridized carbons (Fsp3) is 0.0526. The van der Waals surface area contributed by atoms with E-state index in [1.165, 1.54) is 6.21 Å². The number of hydrogen-bond donors (Lipinski definition) is 2. The molecule has 3 aromatic carbocycles. The van der Waals surface area contributed by atoms with Gasteiger partial charge in [-0.2, -0.15) is 5.10 Å². The zero-order valence-electron chi connectivity index (χ0n) is 12.7. The molecule has 1 amide bonds. The molecule has 0 bridgehead atoms. The molecule has 3 aromatic rings. The third-order valence-corrected chi connectivity index (χ3v) is 3.58. The van der Waals surface area contributed by atoms with Crippen LogP contribution in [-0.4, -0.2) is 17.2 Å². The zero-order chi connectivity index (χ0) is 16.2. The number of rotatable bonds is 3. The van der Waals surface area contributed by atoms with Crippen LogP contribution in [0.25, 0.3) is 10.8 Å². The van der Waals surface area contributed by atoms with Gasteiger partial charge in [0.05, 0.1) is 6.21 Å². The highest BCUT2D eigenvalue weighted by Gasteiger charge is 2.05. The van der Waals surface area contributed by atoms with Crippen LogP contribution in [0.1, 0.15) is 21.5 Å². The van der Waals surface area contributed by atoms with E-state index in [9.17, 15) is 9.90 Å². The number of phenols is 1. The second kappa shape index (κ2) is 6.32. The summed E-state index contributed by atoms with van der Waals surface area (Å²) in [5, 5.41) is 15.9. The summed E-state index contributed by atoms with van der Waals surface area (Å²) in [4.78, 5) is 12.0. The van der Waals surface area contributed by atoms with Crippen LogP contribution in [0.15, 0.2) is 65.8 Å². The average molecular weight is 304 g/mol. The molecule has 4 nitrogen and oxygen atoms in total. The molecule has 0 unspecified atom stereocenters. The normalized spacial score (nSPS) is 11.0. The molecule has 0 aliphatic rings. The molecule has 3 rings (SSSR count). The van der Waals surface area contributed by atoms with Crippen LogP contribution in [0, 0.1) is 6.92 Å². The summed E-state index contributed by atoms with van der Waals surface area (Å²) in [6, 6.07) is 18.5. The van der Waals surface area contributed by atoms with Crippen LogP contribution in [-0.2, 0) is 0 Å². The molecule has 0 aromatic heterocycles. The van der Waals surface area contributed by atoms with E-state index in [2.05, 4.69) is 10.5 Å². The molecule has 0 saturated heterocycles. The molecular formula is C19H16N2O2. The van der Waals surface area contributed by atoms with Gasteiger partial charge in [0.2, 0.25) is 0 Å². The first-order valence-electron chi connectivity index (χ1n) is 7.26. The van der Waals surface area contributed by atoms with Gasteiger partial charge in [0.25, 0.3) is 5.91 Å². The Labute approximate surface area is 134 Å². The van der Waals surface area contributed by atoms with Crippen LogP contribution in [0.3, 0.4) is 0 Å². The van der Waals surface area contributed by atoms with Gasteiger partial charge in [-0.15, -0.1) is 0 Å². The number of hydrazone groups is 1. The standard InChI is InChI=1S/C19H16N2O2/c1-13-5-4-7-15(11-13)19(23)21-20-12-16-10-9-14-6-2-3-8-17(14)18(16)22/h2-12,22H,1H3,(H,21,23)/b20-12-. The van der Waals surface area contributed by atoms with Crippen LogP contribution in [0.4, 0.5) is 0 Å². The highest BCUT2D eigenvalue weighted by Crippen LogP contribution is 2.27. The first-order chi connectivity index (χ1) is 11.1. The smallest absolute Gasteiger partial charge is 0.271 e. The number of nitrogens with one attached hydrogen (secondary N) is 1. The van der Waals surface area contributed by atoms with Gasteiger partial charge in [0.1, 0.15) is 5.75 Å². The molecule has 0 saturated carbocycles. The number of aromatic hydroxyl groups is 1. The molecular weight excluding hydrogens is 288 g/mol. The Morgan fingerprint density at radius 1 is 1.09 bits per heavy atom. The van der Waals surface area contributed by atoms with Crippen molar-refractivity contribution >= 4 is 22.9 Å². The lowest BCUT2D eigenvalue weighted by atomic mass is 10.1. The number of benzene rings is 3. The van der Waals surface area contributed by atoms with Crippen molar-refractivity contribution in [3.8, 4) is 5.75 Å². The van der Waals surface area contributed by atoms with Gasteiger partial charge in [0.15, 0.2) is 0 Å². The Morgan fingerprint density at radius 2 is 1.91 bits per heavy atom. The predicted octanol–water partition coefficient (Wildman–Crippen LogP) is 3.62. The van der Waals surface area contributed by atoms with Crippen LogP contribution in [0.2, 0.25) is 0 Å². The van der Waals surface area contributed by atoms with E-state index in [1.807, 2.05) is 49.4 Å². The minimum atomic E-state index is -0.287. The Balaban J connectivity index is 1.78. The number of carbonyl (C=O) groups excluding carboxylic acids is 1. The minimum Gasteiger partial charge on any atom is -0.507 e. The molecule has 0 aliphatic heterocycles. The minimum absolute atomic E-state index is 0.150. The molecule has 4 heteroatoms. The van der Waals surface area contributed by atoms with Crippen LogP contribution in [0.5, 0.6) is 5.75 Å². The first kappa shape index (κ1) is 14.8. The number of amides is 1. The van der Waals surface area contributed by atoms with Gasteiger partial charge in [-0.1, -0.05) is 48.0 Å². The third-order valence-electron chi connectivity index (χ3n) is 3.58.